The molecule has 0 saturated carbocycles. The smallest absolute Gasteiger partial charge is 0.195 e. The Morgan fingerprint density at radius 3 is 2.75 bits per heavy atom. The van der Waals surface area contributed by atoms with E-state index in [1.807, 2.05) is 4.90 Å². The molecule has 0 aliphatic carbocycles. The van der Waals surface area contributed by atoms with Crippen LogP contribution in [-0.2, 0) is 0 Å². The lowest BCUT2D eigenvalue weighted by Crippen LogP contribution is -2.28. The van der Waals surface area contributed by atoms with Gasteiger partial charge in [0, 0.05) is 36.6 Å². The number of anilines is 1. The molecule has 1 aromatic heterocycles. The van der Waals surface area contributed by atoms with Gasteiger partial charge in [-0.15, -0.1) is 0 Å². The number of hydrogen-bond donors (Lipinski definition) is 1. The Morgan fingerprint density at radius 2 is 1.90 bits per heavy atom. The molecule has 0 bridgehead atoms. The van der Waals surface area contributed by atoms with Crippen LogP contribution in [0.25, 0.3) is 10.8 Å². The van der Waals surface area contributed by atoms with Gasteiger partial charge in [0.2, 0.25) is 0 Å². The Bertz CT molecular complexity index is 637. The highest BCUT2D eigenvalue weighted by Gasteiger charge is 2.19. The summed E-state index contributed by atoms with van der Waals surface area (Å²) >= 11 is 0. The highest BCUT2D eigenvalue weighted by molar-refractivity contribution is 5.92. The second-order valence-electron chi connectivity index (χ2n) is 4.81. The predicted octanol–water partition coefficient (Wildman–Crippen LogP) is 2.45. The van der Waals surface area contributed by atoms with Crippen LogP contribution in [0.15, 0.2) is 18.3 Å². The van der Waals surface area contributed by atoms with Crippen LogP contribution in [0, 0.1) is 17.5 Å². The van der Waals surface area contributed by atoms with Crippen molar-refractivity contribution in [1.82, 2.24) is 10.3 Å². The number of aromatic nitrogens is 1. The standard InChI is InChI=1S/C14H14F3N3/c15-11-8-10-9(12(16)13(11)17)2-4-19-14(10)20-6-1-3-18-5-7-20/h2,4,8,18H,1,3,5-7H2. The van der Waals surface area contributed by atoms with E-state index < -0.39 is 17.5 Å². The SMILES string of the molecule is Fc1cc2c(N3CCCNCC3)nccc2c(F)c1F. The molecule has 6 heteroatoms. The van der Waals surface area contributed by atoms with Gasteiger partial charge in [0.1, 0.15) is 5.82 Å². The van der Waals surface area contributed by atoms with Gasteiger partial charge in [-0.2, -0.15) is 0 Å². The molecular weight excluding hydrogens is 267 g/mol. The van der Waals surface area contributed by atoms with Crippen molar-refractivity contribution in [1.29, 1.82) is 0 Å². The number of benzene rings is 1. The van der Waals surface area contributed by atoms with Gasteiger partial charge in [0.15, 0.2) is 17.5 Å². The van der Waals surface area contributed by atoms with Crippen molar-refractivity contribution in [3.05, 3.63) is 35.8 Å². The van der Waals surface area contributed by atoms with Crippen molar-refractivity contribution in [2.75, 3.05) is 31.1 Å². The van der Waals surface area contributed by atoms with E-state index >= 15 is 0 Å². The van der Waals surface area contributed by atoms with Gasteiger partial charge in [0.05, 0.1) is 0 Å². The fraction of sp³-hybridized carbons (Fsp3) is 0.357. The van der Waals surface area contributed by atoms with Gasteiger partial charge >= 0.3 is 0 Å². The summed E-state index contributed by atoms with van der Waals surface area (Å²) in [5, 5.41) is 3.62. The molecule has 1 fully saturated rings. The fourth-order valence-corrected chi connectivity index (χ4v) is 2.52. The average Bonchev–Trinajstić information content (AvgIpc) is 2.73. The lowest BCUT2D eigenvalue weighted by Gasteiger charge is -2.22. The van der Waals surface area contributed by atoms with Crippen LogP contribution in [0.4, 0.5) is 19.0 Å². The van der Waals surface area contributed by atoms with Crippen molar-refractivity contribution in [2.24, 2.45) is 0 Å². The van der Waals surface area contributed by atoms with E-state index in [0.29, 0.717) is 17.7 Å². The molecule has 0 atom stereocenters. The topological polar surface area (TPSA) is 28.2 Å². The van der Waals surface area contributed by atoms with Gasteiger partial charge in [-0.05, 0) is 25.1 Å². The van der Waals surface area contributed by atoms with E-state index in [1.54, 1.807) is 0 Å². The molecule has 0 amide bonds. The number of hydrogen-bond acceptors (Lipinski definition) is 3. The summed E-state index contributed by atoms with van der Waals surface area (Å²) in [6, 6.07) is 2.39. The monoisotopic (exact) mass is 281 g/mol. The first kappa shape index (κ1) is 13.2. The number of pyridine rings is 1. The molecule has 0 spiro atoms. The van der Waals surface area contributed by atoms with Crippen LogP contribution >= 0.6 is 0 Å². The minimum atomic E-state index is -1.44. The molecule has 20 heavy (non-hydrogen) atoms. The number of fused-ring (bicyclic) bond motifs is 1. The van der Waals surface area contributed by atoms with Crippen LogP contribution in [0.1, 0.15) is 6.42 Å². The van der Waals surface area contributed by atoms with Gasteiger partial charge < -0.3 is 10.2 Å². The molecule has 1 aliphatic rings. The molecule has 0 unspecified atom stereocenters. The minimum absolute atomic E-state index is 0.0612. The lowest BCUT2D eigenvalue weighted by atomic mass is 10.1. The summed E-state index contributed by atoms with van der Waals surface area (Å²) in [5.74, 6) is -3.27. The number of rotatable bonds is 1. The number of nitrogens with one attached hydrogen (secondary N) is 1. The Kier molecular flexibility index (Phi) is 3.48. The fourth-order valence-electron chi connectivity index (χ4n) is 2.52. The summed E-state index contributed by atoms with van der Waals surface area (Å²) in [6.07, 6.45) is 2.35. The van der Waals surface area contributed by atoms with Crippen LogP contribution in [-0.4, -0.2) is 31.2 Å². The molecule has 2 aromatic rings. The van der Waals surface area contributed by atoms with Crippen molar-refractivity contribution >= 4 is 16.6 Å². The Morgan fingerprint density at radius 1 is 1.05 bits per heavy atom. The molecule has 1 aliphatic heterocycles. The average molecular weight is 281 g/mol. The molecule has 106 valence electrons. The normalized spacial score (nSPS) is 16.4. The Balaban J connectivity index is 2.15. The van der Waals surface area contributed by atoms with Crippen LogP contribution < -0.4 is 10.2 Å². The van der Waals surface area contributed by atoms with E-state index in [0.717, 1.165) is 32.1 Å². The second kappa shape index (κ2) is 5.28. The second-order valence-corrected chi connectivity index (χ2v) is 4.81. The summed E-state index contributed by atoms with van der Waals surface area (Å²) < 4.78 is 40.6. The van der Waals surface area contributed by atoms with Crippen molar-refractivity contribution in [3.63, 3.8) is 0 Å². The number of halogens is 3. The van der Waals surface area contributed by atoms with Crippen molar-refractivity contribution in [3.8, 4) is 0 Å². The van der Waals surface area contributed by atoms with E-state index in [-0.39, 0.29) is 5.39 Å². The van der Waals surface area contributed by atoms with Gasteiger partial charge in [-0.1, -0.05) is 0 Å². The third kappa shape index (κ3) is 2.20. The predicted molar refractivity (Wildman–Crippen MR) is 71.3 cm³/mol. The van der Waals surface area contributed by atoms with E-state index in [1.165, 1.54) is 12.3 Å². The first-order valence-corrected chi connectivity index (χ1v) is 6.56. The first-order chi connectivity index (χ1) is 9.68. The molecule has 0 radical (unpaired) electrons. The molecule has 1 N–H and O–H groups in total. The highest BCUT2D eigenvalue weighted by Crippen LogP contribution is 2.29. The van der Waals surface area contributed by atoms with Crippen molar-refractivity contribution < 1.29 is 13.2 Å². The van der Waals surface area contributed by atoms with Gasteiger partial charge in [0.25, 0.3) is 0 Å². The van der Waals surface area contributed by atoms with E-state index in [4.69, 9.17) is 0 Å². The highest BCUT2D eigenvalue weighted by atomic mass is 19.2. The lowest BCUT2D eigenvalue weighted by molar-refractivity contribution is 0.453. The summed E-state index contributed by atoms with van der Waals surface area (Å²) in [7, 11) is 0. The van der Waals surface area contributed by atoms with E-state index in [9.17, 15) is 13.2 Å². The van der Waals surface area contributed by atoms with Crippen LogP contribution in [0.2, 0.25) is 0 Å². The van der Waals surface area contributed by atoms with Crippen LogP contribution in [0.5, 0.6) is 0 Å². The van der Waals surface area contributed by atoms with Gasteiger partial charge in [-0.25, -0.2) is 18.2 Å². The summed E-state index contributed by atoms with van der Waals surface area (Å²) in [6.45, 7) is 3.13. The molecule has 1 saturated heterocycles. The zero-order valence-electron chi connectivity index (χ0n) is 10.8. The quantitative estimate of drug-likeness (QED) is 0.814. The molecule has 3 rings (SSSR count). The molecule has 3 nitrogen and oxygen atoms in total. The largest absolute Gasteiger partial charge is 0.355 e. The number of nitrogens with zero attached hydrogens (tertiary/aromatic N) is 2. The molecule has 1 aromatic carbocycles. The van der Waals surface area contributed by atoms with Crippen LogP contribution in [0.3, 0.4) is 0 Å². The third-order valence-electron chi connectivity index (χ3n) is 3.52. The maximum Gasteiger partial charge on any atom is 0.195 e. The Hall–Kier alpha value is -1.82. The minimum Gasteiger partial charge on any atom is -0.355 e. The maximum atomic E-state index is 13.8. The summed E-state index contributed by atoms with van der Waals surface area (Å²) in [4.78, 5) is 6.20. The Labute approximate surface area is 114 Å². The van der Waals surface area contributed by atoms with Gasteiger partial charge in [-0.3, -0.25) is 0 Å². The van der Waals surface area contributed by atoms with E-state index in [2.05, 4.69) is 10.3 Å². The molecule has 2 heterocycles. The third-order valence-corrected chi connectivity index (χ3v) is 3.52. The summed E-state index contributed by atoms with van der Waals surface area (Å²) in [5.41, 5.74) is 0. The van der Waals surface area contributed by atoms with Crippen molar-refractivity contribution in [2.45, 2.75) is 6.42 Å². The maximum absolute atomic E-state index is 13.8. The first-order valence-electron chi connectivity index (χ1n) is 6.56. The zero-order valence-corrected chi connectivity index (χ0v) is 10.8. The molecular formula is C14H14F3N3. The zero-order chi connectivity index (χ0) is 14.1.